The van der Waals surface area contributed by atoms with E-state index in [0.717, 1.165) is 43.2 Å². The quantitative estimate of drug-likeness (QED) is 0.712. The minimum absolute atomic E-state index is 0.166. The lowest BCUT2D eigenvalue weighted by molar-refractivity contribution is -0.135. The number of fused-ring (bicyclic) bond motifs is 1. The van der Waals surface area contributed by atoms with Gasteiger partial charge in [0, 0.05) is 43.5 Å². The molecule has 0 aromatic carbocycles. The van der Waals surface area contributed by atoms with Gasteiger partial charge in [-0.3, -0.25) is 9.20 Å². The van der Waals surface area contributed by atoms with E-state index in [1.165, 1.54) is 0 Å². The van der Waals surface area contributed by atoms with Crippen molar-refractivity contribution in [1.82, 2.24) is 29.0 Å². The van der Waals surface area contributed by atoms with Gasteiger partial charge in [-0.1, -0.05) is 19.9 Å². The molecule has 4 rings (SSSR count). The maximum atomic E-state index is 13.0. The van der Waals surface area contributed by atoms with Crippen molar-refractivity contribution in [3.8, 4) is 0 Å². The van der Waals surface area contributed by atoms with Crippen molar-refractivity contribution in [3.05, 3.63) is 48.4 Å². The average molecular weight is 366 g/mol. The summed E-state index contributed by atoms with van der Waals surface area (Å²) in [6.07, 6.45) is 7.52. The number of carbonyl (C=O) groups is 1. The van der Waals surface area contributed by atoms with Crippen molar-refractivity contribution >= 4 is 11.6 Å². The molecular formula is C20H26N6O. The zero-order chi connectivity index (χ0) is 19.0. The predicted molar refractivity (Wildman–Crippen MR) is 103 cm³/mol. The highest BCUT2D eigenvalue weighted by Crippen LogP contribution is 2.28. The first kappa shape index (κ1) is 17.7. The normalized spacial score (nSPS) is 17.0. The van der Waals surface area contributed by atoms with Crippen LogP contribution in [0.15, 0.2) is 36.8 Å². The van der Waals surface area contributed by atoms with E-state index >= 15 is 0 Å². The molecule has 27 heavy (non-hydrogen) atoms. The molecule has 1 atom stereocenters. The van der Waals surface area contributed by atoms with Gasteiger partial charge in [-0.25, -0.2) is 4.98 Å². The van der Waals surface area contributed by atoms with Crippen molar-refractivity contribution in [2.45, 2.75) is 51.5 Å². The lowest BCUT2D eigenvalue weighted by Crippen LogP contribution is -2.41. The fourth-order valence-corrected chi connectivity index (χ4v) is 3.98. The molecule has 4 heterocycles. The van der Waals surface area contributed by atoms with Gasteiger partial charge in [0.25, 0.3) is 0 Å². The molecule has 3 aromatic rings. The molecule has 0 aliphatic carbocycles. The van der Waals surface area contributed by atoms with Crippen molar-refractivity contribution in [3.63, 3.8) is 0 Å². The summed E-state index contributed by atoms with van der Waals surface area (Å²) in [5, 5.41) is 8.65. The highest BCUT2D eigenvalue weighted by atomic mass is 16.2. The van der Waals surface area contributed by atoms with Gasteiger partial charge >= 0.3 is 0 Å². The maximum absolute atomic E-state index is 13.0. The summed E-state index contributed by atoms with van der Waals surface area (Å²) in [6.45, 7) is 7.67. The molecule has 0 unspecified atom stereocenters. The maximum Gasteiger partial charge on any atom is 0.245 e. The summed E-state index contributed by atoms with van der Waals surface area (Å²) in [4.78, 5) is 19.4. The number of piperidine rings is 1. The minimum Gasteiger partial charge on any atom is -0.341 e. The van der Waals surface area contributed by atoms with Crippen LogP contribution in [0.3, 0.4) is 0 Å². The molecule has 7 heteroatoms. The van der Waals surface area contributed by atoms with Crippen molar-refractivity contribution in [2.75, 3.05) is 13.1 Å². The van der Waals surface area contributed by atoms with Crippen LogP contribution in [0, 0.1) is 0 Å². The minimum atomic E-state index is -0.227. The van der Waals surface area contributed by atoms with E-state index in [-0.39, 0.29) is 11.9 Å². The van der Waals surface area contributed by atoms with Crippen LogP contribution in [-0.4, -0.2) is 48.0 Å². The molecule has 1 aliphatic heterocycles. The smallest absolute Gasteiger partial charge is 0.245 e. The summed E-state index contributed by atoms with van der Waals surface area (Å²) >= 11 is 0. The molecule has 142 valence electrons. The lowest BCUT2D eigenvalue weighted by atomic mass is 9.95. The Balaban J connectivity index is 1.44. The Morgan fingerprint density at radius 2 is 1.89 bits per heavy atom. The van der Waals surface area contributed by atoms with E-state index in [4.69, 9.17) is 0 Å². The third-order valence-electron chi connectivity index (χ3n) is 5.50. The molecule has 3 aromatic heterocycles. The Kier molecular flexibility index (Phi) is 4.68. The Hall–Kier alpha value is -2.70. The van der Waals surface area contributed by atoms with Gasteiger partial charge in [0.15, 0.2) is 5.65 Å². The molecule has 1 saturated heterocycles. The van der Waals surface area contributed by atoms with Crippen LogP contribution in [-0.2, 0) is 4.79 Å². The standard InChI is InChI=1S/C20H26N6O/c1-14(2)18-21-9-13-25(18)15(3)20(27)24-11-7-16(8-12-24)19-23-22-17-6-4-5-10-26(17)19/h4-6,9-10,13-16H,7-8,11-12H2,1-3H3/t15-/m1/s1. The van der Waals surface area contributed by atoms with Crippen LogP contribution >= 0.6 is 0 Å². The van der Waals surface area contributed by atoms with Crippen LogP contribution in [0.1, 0.15) is 63.1 Å². The Bertz CT molecular complexity index is 935. The highest BCUT2D eigenvalue weighted by Gasteiger charge is 2.30. The second-order valence-electron chi connectivity index (χ2n) is 7.61. The van der Waals surface area contributed by atoms with Crippen molar-refractivity contribution < 1.29 is 4.79 Å². The van der Waals surface area contributed by atoms with E-state index in [1.807, 2.05) is 47.0 Å². The van der Waals surface area contributed by atoms with Crippen molar-refractivity contribution in [1.29, 1.82) is 0 Å². The fourth-order valence-electron chi connectivity index (χ4n) is 3.98. The third kappa shape index (κ3) is 3.22. The number of aromatic nitrogens is 5. The number of hydrogen-bond donors (Lipinski definition) is 0. The van der Waals surface area contributed by atoms with E-state index < -0.39 is 0 Å². The number of imidazole rings is 1. The Morgan fingerprint density at radius 3 is 2.63 bits per heavy atom. The van der Waals surface area contributed by atoms with E-state index in [1.54, 1.807) is 6.20 Å². The largest absolute Gasteiger partial charge is 0.341 e. The second kappa shape index (κ2) is 7.13. The number of amides is 1. The average Bonchev–Trinajstić information content (AvgIpc) is 3.34. The molecule has 1 aliphatic rings. The second-order valence-corrected chi connectivity index (χ2v) is 7.61. The van der Waals surface area contributed by atoms with Gasteiger partial charge in [-0.2, -0.15) is 0 Å². The molecular weight excluding hydrogens is 340 g/mol. The molecule has 0 N–H and O–H groups in total. The van der Waals surface area contributed by atoms with Gasteiger partial charge in [-0.05, 0) is 31.9 Å². The molecule has 0 radical (unpaired) electrons. The zero-order valence-corrected chi connectivity index (χ0v) is 16.1. The topological polar surface area (TPSA) is 68.3 Å². The molecule has 0 bridgehead atoms. The van der Waals surface area contributed by atoms with E-state index in [0.29, 0.717) is 11.8 Å². The highest BCUT2D eigenvalue weighted by molar-refractivity contribution is 5.80. The van der Waals surface area contributed by atoms with Gasteiger partial charge in [0.2, 0.25) is 5.91 Å². The Morgan fingerprint density at radius 1 is 1.11 bits per heavy atom. The summed E-state index contributed by atoms with van der Waals surface area (Å²) < 4.78 is 4.07. The molecule has 0 saturated carbocycles. The van der Waals surface area contributed by atoms with Gasteiger partial charge in [0.1, 0.15) is 17.7 Å². The number of carbonyl (C=O) groups excluding carboxylic acids is 1. The molecule has 1 amide bonds. The van der Waals surface area contributed by atoms with Crippen LogP contribution < -0.4 is 0 Å². The number of pyridine rings is 1. The molecule has 7 nitrogen and oxygen atoms in total. The number of likely N-dealkylation sites (tertiary alicyclic amines) is 1. The van der Waals surface area contributed by atoms with Crippen LogP contribution in [0.25, 0.3) is 5.65 Å². The lowest BCUT2D eigenvalue weighted by Gasteiger charge is -2.33. The summed E-state index contributed by atoms with van der Waals surface area (Å²) in [5.41, 5.74) is 0.876. The summed E-state index contributed by atoms with van der Waals surface area (Å²) in [6, 6.07) is 5.71. The van der Waals surface area contributed by atoms with Crippen LogP contribution in [0.2, 0.25) is 0 Å². The third-order valence-corrected chi connectivity index (χ3v) is 5.50. The van der Waals surface area contributed by atoms with Gasteiger partial charge in [-0.15, -0.1) is 10.2 Å². The SMILES string of the molecule is CC(C)c1nccn1[C@H](C)C(=O)N1CCC(c2nnc3ccccn23)CC1. The van der Waals surface area contributed by atoms with Gasteiger partial charge < -0.3 is 9.47 Å². The number of hydrogen-bond acceptors (Lipinski definition) is 4. The van der Waals surface area contributed by atoms with Crippen LogP contribution in [0.4, 0.5) is 0 Å². The first-order valence-corrected chi connectivity index (χ1v) is 9.67. The summed E-state index contributed by atoms with van der Waals surface area (Å²) in [5.74, 6) is 2.76. The molecule has 0 spiro atoms. The zero-order valence-electron chi connectivity index (χ0n) is 16.1. The molecule has 1 fully saturated rings. The number of rotatable bonds is 4. The first-order chi connectivity index (χ1) is 13.1. The van der Waals surface area contributed by atoms with Crippen LogP contribution in [0.5, 0.6) is 0 Å². The van der Waals surface area contributed by atoms with Gasteiger partial charge in [0.05, 0.1) is 0 Å². The summed E-state index contributed by atoms with van der Waals surface area (Å²) in [7, 11) is 0. The van der Waals surface area contributed by atoms with Crippen molar-refractivity contribution in [2.24, 2.45) is 0 Å². The monoisotopic (exact) mass is 366 g/mol. The first-order valence-electron chi connectivity index (χ1n) is 9.67. The predicted octanol–water partition coefficient (Wildman–Crippen LogP) is 3.02. The number of nitrogens with zero attached hydrogens (tertiary/aromatic N) is 6. The van der Waals surface area contributed by atoms with E-state index in [9.17, 15) is 4.79 Å². The Labute approximate surface area is 159 Å². The fraction of sp³-hybridized carbons (Fsp3) is 0.500. The van der Waals surface area contributed by atoms with E-state index in [2.05, 4.69) is 33.4 Å².